The number of aliphatic imine (C=N–C) groups is 1. The van der Waals surface area contributed by atoms with Crippen molar-refractivity contribution in [2.45, 2.75) is 25.2 Å². The number of halogens is 1. The van der Waals surface area contributed by atoms with E-state index in [4.69, 9.17) is 9.47 Å². The van der Waals surface area contributed by atoms with Crippen LogP contribution in [0.15, 0.2) is 29.3 Å². The highest BCUT2D eigenvalue weighted by atomic mass is 19.1. The van der Waals surface area contributed by atoms with Crippen LogP contribution in [0, 0.1) is 5.82 Å². The van der Waals surface area contributed by atoms with E-state index in [1.165, 1.54) is 6.07 Å². The zero-order valence-electron chi connectivity index (χ0n) is 14.6. The highest BCUT2D eigenvalue weighted by Crippen LogP contribution is 2.49. The van der Waals surface area contributed by atoms with E-state index in [9.17, 15) is 4.39 Å². The van der Waals surface area contributed by atoms with Gasteiger partial charge in [0.1, 0.15) is 5.82 Å². The Morgan fingerprint density at radius 1 is 1.21 bits per heavy atom. The van der Waals surface area contributed by atoms with E-state index >= 15 is 0 Å². The molecular formula is C18H28FN3O2. The topological polar surface area (TPSA) is 54.9 Å². The fourth-order valence-corrected chi connectivity index (χ4v) is 2.61. The summed E-state index contributed by atoms with van der Waals surface area (Å²) >= 11 is 0. The molecule has 0 aromatic heterocycles. The molecule has 1 saturated carbocycles. The van der Waals surface area contributed by atoms with E-state index in [-0.39, 0.29) is 11.2 Å². The molecule has 134 valence electrons. The fraction of sp³-hybridized carbons (Fsp3) is 0.611. The van der Waals surface area contributed by atoms with Crippen LogP contribution in [0.2, 0.25) is 0 Å². The van der Waals surface area contributed by atoms with Crippen molar-refractivity contribution in [3.63, 3.8) is 0 Å². The van der Waals surface area contributed by atoms with Crippen molar-refractivity contribution < 1.29 is 13.9 Å². The van der Waals surface area contributed by atoms with Gasteiger partial charge in [-0.2, -0.15) is 0 Å². The first-order valence-electron chi connectivity index (χ1n) is 8.56. The first-order chi connectivity index (χ1) is 11.7. The third-order valence-electron chi connectivity index (χ3n) is 4.15. The molecule has 1 aliphatic rings. The van der Waals surface area contributed by atoms with Gasteiger partial charge in [0, 0.05) is 25.6 Å². The minimum absolute atomic E-state index is 0.130. The summed E-state index contributed by atoms with van der Waals surface area (Å²) in [5.74, 6) is 0.616. The quantitative estimate of drug-likeness (QED) is 0.390. The first kappa shape index (κ1) is 18.7. The van der Waals surface area contributed by atoms with Gasteiger partial charge in [0.15, 0.2) is 5.96 Å². The Balaban J connectivity index is 1.85. The van der Waals surface area contributed by atoms with Crippen LogP contribution in [0.5, 0.6) is 0 Å². The zero-order valence-corrected chi connectivity index (χ0v) is 14.6. The van der Waals surface area contributed by atoms with E-state index in [0.717, 1.165) is 30.9 Å². The molecule has 1 aromatic rings. The molecular weight excluding hydrogens is 309 g/mol. The van der Waals surface area contributed by atoms with Gasteiger partial charge in [-0.1, -0.05) is 18.2 Å². The summed E-state index contributed by atoms with van der Waals surface area (Å²) in [5, 5.41) is 6.46. The highest BCUT2D eigenvalue weighted by Gasteiger charge is 2.45. The Labute approximate surface area is 143 Å². The Morgan fingerprint density at radius 3 is 2.67 bits per heavy atom. The lowest BCUT2D eigenvalue weighted by atomic mass is 9.95. The lowest BCUT2D eigenvalue weighted by molar-refractivity contribution is 0.0733. The molecule has 2 N–H and O–H groups in total. The Hall–Kier alpha value is -1.66. The fourth-order valence-electron chi connectivity index (χ4n) is 2.61. The van der Waals surface area contributed by atoms with Crippen molar-refractivity contribution in [1.82, 2.24) is 10.6 Å². The number of ether oxygens (including phenoxy) is 2. The summed E-state index contributed by atoms with van der Waals surface area (Å²) < 4.78 is 24.4. The van der Waals surface area contributed by atoms with Crippen LogP contribution in [-0.4, -0.2) is 52.5 Å². The van der Waals surface area contributed by atoms with Crippen molar-refractivity contribution in [3.05, 3.63) is 35.6 Å². The molecule has 6 heteroatoms. The molecule has 0 spiro atoms. The number of nitrogens with one attached hydrogen (secondary N) is 2. The minimum Gasteiger partial charge on any atom is -0.382 e. The summed E-state index contributed by atoms with van der Waals surface area (Å²) in [5.41, 5.74) is 0.648. The van der Waals surface area contributed by atoms with Crippen molar-refractivity contribution in [1.29, 1.82) is 0 Å². The smallest absolute Gasteiger partial charge is 0.191 e. The van der Waals surface area contributed by atoms with E-state index in [2.05, 4.69) is 15.6 Å². The van der Waals surface area contributed by atoms with Crippen molar-refractivity contribution >= 4 is 5.96 Å². The molecule has 0 bridgehead atoms. The van der Waals surface area contributed by atoms with Gasteiger partial charge in [-0.15, -0.1) is 0 Å². The summed E-state index contributed by atoms with van der Waals surface area (Å²) in [4.78, 5) is 4.65. The number of guanidine groups is 1. The molecule has 0 radical (unpaired) electrons. The van der Waals surface area contributed by atoms with Crippen LogP contribution in [0.4, 0.5) is 4.39 Å². The molecule has 0 heterocycles. The lowest BCUT2D eigenvalue weighted by Gasteiger charge is -2.16. The molecule has 2 rings (SSSR count). The van der Waals surface area contributed by atoms with Gasteiger partial charge in [0.25, 0.3) is 0 Å². The number of methoxy groups -OCH3 is 1. The number of rotatable bonds is 10. The normalized spacial score (nSPS) is 16.0. The number of hydrogen-bond acceptors (Lipinski definition) is 3. The predicted octanol–water partition coefficient (Wildman–Crippen LogP) is 2.08. The van der Waals surface area contributed by atoms with Gasteiger partial charge >= 0.3 is 0 Å². The molecule has 0 atom stereocenters. The average Bonchev–Trinajstić information content (AvgIpc) is 3.37. The zero-order chi connectivity index (χ0) is 17.3. The van der Waals surface area contributed by atoms with Crippen LogP contribution < -0.4 is 10.6 Å². The molecule has 1 fully saturated rings. The number of benzene rings is 1. The highest BCUT2D eigenvalue weighted by molar-refractivity contribution is 5.79. The maximum atomic E-state index is 14.0. The monoisotopic (exact) mass is 337 g/mol. The second-order valence-corrected chi connectivity index (χ2v) is 5.99. The minimum atomic E-state index is -0.136. The molecule has 0 saturated heterocycles. The van der Waals surface area contributed by atoms with Crippen LogP contribution in [0.3, 0.4) is 0 Å². The van der Waals surface area contributed by atoms with E-state index in [1.54, 1.807) is 13.2 Å². The van der Waals surface area contributed by atoms with Crippen molar-refractivity contribution in [3.8, 4) is 0 Å². The molecule has 0 aliphatic heterocycles. The van der Waals surface area contributed by atoms with E-state index in [0.29, 0.717) is 32.9 Å². The largest absolute Gasteiger partial charge is 0.382 e. The summed E-state index contributed by atoms with van der Waals surface area (Å²) in [6, 6.07) is 7.03. The van der Waals surface area contributed by atoms with Gasteiger partial charge in [0.2, 0.25) is 0 Å². The Bertz CT molecular complexity index is 533. The summed E-state index contributed by atoms with van der Waals surface area (Å²) in [6.45, 7) is 5.84. The maximum Gasteiger partial charge on any atom is 0.191 e. The standard InChI is InChI=1S/C18H28FN3O2/c1-3-20-17(21-10-11-24-13-12-23-2)22-14-18(8-9-18)15-6-4-5-7-16(15)19/h4-7H,3,8-14H2,1-2H3,(H2,20,21,22). The Kier molecular flexibility index (Phi) is 7.46. The third kappa shape index (κ3) is 5.46. The molecule has 1 aliphatic carbocycles. The molecule has 1 aromatic carbocycles. The van der Waals surface area contributed by atoms with Crippen molar-refractivity contribution in [2.75, 3.05) is 46.6 Å². The molecule has 24 heavy (non-hydrogen) atoms. The average molecular weight is 337 g/mol. The van der Waals surface area contributed by atoms with Crippen LogP contribution in [-0.2, 0) is 14.9 Å². The van der Waals surface area contributed by atoms with Gasteiger partial charge in [-0.25, -0.2) is 4.39 Å². The number of nitrogens with zero attached hydrogens (tertiary/aromatic N) is 1. The SMILES string of the molecule is CCNC(=NCC1(c2ccccc2F)CC1)NCCOCCOC. The van der Waals surface area contributed by atoms with Crippen LogP contribution in [0.1, 0.15) is 25.3 Å². The van der Waals surface area contributed by atoms with Crippen LogP contribution in [0.25, 0.3) is 0 Å². The summed E-state index contributed by atoms with van der Waals surface area (Å²) in [7, 11) is 1.65. The lowest BCUT2D eigenvalue weighted by Crippen LogP contribution is -2.39. The molecule has 0 unspecified atom stereocenters. The first-order valence-corrected chi connectivity index (χ1v) is 8.56. The van der Waals surface area contributed by atoms with Gasteiger partial charge in [-0.3, -0.25) is 4.99 Å². The predicted molar refractivity (Wildman–Crippen MR) is 94.0 cm³/mol. The second-order valence-electron chi connectivity index (χ2n) is 5.99. The van der Waals surface area contributed by atoms with Crippen LogP contribution >= 0.6 is 0 Å². The van der Waals surface area contributed by atoms with Gasteiger partial charge in [0.05, 0.1) is 26.4 Å². The van der Waals surface area contributed by atoms with E-state index < -0.39 is 0 Å². The van der Waals surface area contributed by atoms with E-state index in [1.807, 2.05) is 19.1 Å². The Morgan fingerprint density at radius 2 is 2.00 bits per heavy atom. The molecule has 5 nitrogen and oxygen atoms in total. The van der Waals surface area contributed by atoms with Crippen molar-refractivity contribution in [2.24, 2.45) is 4.99 Å². The maximum absolute atomic E-state index is 14.0. The molecule has 0 amide bonds. The number of hydrogen-bond donors (Lipinski definition) is 2. The second kappa shape index (κ2) is 9.59. The summed E-state index contributed by atoms with van der Waals surface area (Å²) in [6.07, 6.45) is 1.97. The third-order valence-corrected chi connectivity index (χ3v) is 4.15. The van der Waals surface area contributed by atoms with Gasteiger partial charge < -0.3 is 20.1 Å². The van der Waals surface area contributed by atoms with Gasteiger partial charge in [-0.05, 0) is 31.4 Å².